The molecule has 0 aliphatic rings. The van der Waals surface area contributed by atoms with Crippen molar-refractivity contribution in [3.63, 3.8) is 0 Å². The lowest BCUT2D eigenvalue weighted by Crippen LogP contribution is -2.25. The van der Waals surface area contributed by atoms with Gasteiger partial charge in [0.2, 0.25) is 0 Å². The summed E-state index contributed by atoms with van der Waals surface area (Å²) in [5.41, 5.74) is 2.21. The van der Waals surface area contributed by atoms with Crippen molar-refractivity contribution in [2.24, 2.45) is 0 Å². The lowest BCUT2D eigenvalue weighted by atomic mass is 10.2. The molecule has 1 N–H and O–H groups in total. The number of pyridine rings is 2. The third kappa shape index (κ3) is 4.12. The van der Waals surface area contributed by atoms with Crippen LogP contribution in [-0.4, -0.2) is 27.4 Å². The molecule has 0 aliphatic carbocycles. The van der Waals surface area contributed by atoms with Crippen LogP contribution in [0.2, 0.25) is 5.15 Å². The van der Waals surface area contributed by atoms with Gasteiger partial charge in [0.15, 0.2) is 0 Å². The van der Waals surface area contributed by atoms with Gasteiger partial charge in [-0.2, -0.15) is 0 Å². The Morgan fingerprint density at radius 1 is 1.17 bits per heavy atom. The highest BCUT2D eigenvalue weighted by Gasteiger charge is 2.08. The summed E-state index contributed by atoms with van der Waals surface area (Å²) >= 11 is 7.34. The van der Waals surface area contributed by atoms with Crippen LogP contribution >= 0.6 is 22.9 Å². The monoisotopic (exact) mass is 344 g/mol. The van der Waals surface area contributed by atoms with Crippen LogP contribution in [0.4, 0.5) is 0 Å². The van der Waals surface area contributed by atoms with E-state index in [1.54, 1.807) is 29.7 Å². The van der Waals surface area contributed by atoms with Gasteiger partial charge >= 0.3 is 0 Å². The average molecular weight is 345 g/mol. The number of carbonyl (C=O) groups excluding carboxylic acids is 1. The van der Waals surface area contributed by atoms with E-state index in [0.717, 1.165) is 16.4 Å². The number of hydrogen-bond acceptors (Lipinski definition) is 5. The molecule has 5 nitrogen and oxygen atoms in total. The average Bonchev–Trinajstić information content (AvgIpc) is 3.04. The first-order valence-corrected chi connectivity index (χ1v) is 8.24. The second-order valence-corrected chi connectivity index (χ2v) is 6.04. The molecule has 0 fully saturated rings. The first-order valence-electron chi connectivity index (χ1n) is 6.98. The third-order valence-corrected chi connectivity index (χ3v) is 4.21. The number of amides is 1. The van der Waals surface area contributed by atoms with Crippen molar-refractivity contribution < 1.29 is 4.79 Å². The number of nitrogens with one attached hydrogen (secondary N) is 1. The molecule has 3 aromatic rings. The minimum Gasteiger partial charge on any atom is -0.352 e. The van der Waals surface area contributed by atoms with Crippen molar-refractivity contribution in [3.05, 3.63) is 63.8 Å². The largest absolute Gasteiger partial charge is 0.352 e. The normalized spacial score (nSPS) is 10.5. The van der Waals surface area contributed by atoms with Crippen LogP contribution in [0.25, 0.3) is 11.4 Å². The molecule has 23 heavy (non-hydrogen) atoms. The Labute approximate surface area is 142 Å². The SMILES string of the molecule is O=C(NCCc1nc(-c2ccccn2)cs1)c1ccnc(Cl)c1. The summed E-state index contributed by atoms with van der Waals surface area (Å²) < 4.78 is 0. The van der Waals surface area contributed by atoms with Gasteiger partial charge in [-0.25, -0.2) is 9.97 Å². The van der Waals surface area contributed by atoms with Gasteiger partial charge in [0, 0.05) is 36.3 Å². The Balaban J connectivity index is 1.55. The first kappa shape index (κ1) is 15.6. The van der Waals surface area contributed by atoms with Crippen LogP contribution in [0.3, 0.4) is 0 Å². The summed E-state index contributed by atoms with van der Waals surface area (Å²) in [6.45, 7) is 0.508. The van der Waals surface area contributed by atoms with Crippen LogP contribution in [0.15, 0.2) is 48.1 Å². The van der Waals surface area contributed by atoms with Gasteiger partial charge in [-0.15, -0.1) is 11.3 Å². The predicted octanol–water partition coefficient (Wildman–Crippen LogP) is 3.23. The zero-order valence-corrected chi connectivity index (χ0v) is 13.6. The van der Waals surface area contributed by atoms with Gasteiger partial charge in [0.25, 0.3) is 5.91 Å². The predicted molar refractivity (Wildman–Crippen MR) is 90.6 cm³/mol. The minimum absolute atomic E-state index is 0.171. The number of hydrogen-bond donors (Lipinski definition) is 1. The summed E-state index contributed by atoms with van der Waals surface area (Å²) in [5, 5.41) is 6.08. The molecule has 0 bridgehead atoms. The summed E-state index contributed by atoms with van der Waals surface area (Å²) in [7, 11) is 0. The van der Waals surface area contributed by atoms with Crippen molar-refractivity contribution in [1.82, 2.24) is 20.3 Å². The van der Waals surface area contributed by atoms with Crippen LogP contribution in [-0.2, 0) is 6.42 Å². The van der Waals surface area contributed by atoms with Gasteiger partial charge < -0.3 is 5.32 Å². The van der Waals surface area contributed by atoms with Crippen molar-refractivity contribution in [1.29, 1.82) is 0 Å². The van der Waals surface area contributed by atoms with E-state index in [1.807, 2.05) is 23.6 Å². The van der Waals surface area contributed by atoms with Crippen LogP contribution in [0, 0.1) is 0 Å². The Bertz CT molecular complexity index is 807. The standard InChI is InChI=1S/C16H13ClN4OS/c17-14-9-11(4-7-19-14)16(22)20-8-5-15-21-13(10-23-15)12-3-1-2-6-18-12/h1-4,6-7,9-10H,5,8H2,(H,20,22). The molecule has 0 saturated carbocycles. The molecule has 0 aliphatic heterocycles. The quantitative estimate of drug-likeness (QED) is 0.721. The number of thiazole rings is 1. The fourth-order valence-corrected chi connectivity index (χ4v) is 2.95. The van der Waals surface area contributed by atoms with E-state index in [1.165, 1.54) is 6.20 Å². The van der Waals surface area contributed by atoms with Gasteiger partial charge in [0.05, 0.1) is 16.4 Å². The summed E-state index contributed by atoms with van der Waals surface area (Å²) in [5.74, 6) is -0.171. The van der Waals surface area contributed by atoms with Crippen LogP contribution in [0.5, 0.6) is 0 Å². The molecule has 0 aromatic carbocycles. The molecule has 3 heterocycles. The first-order chi connectivity index (χ1) is 11.2. The molecule has 0 saturated heterocycles. The van der Waals surface area contributed by atoms with E-state index in [-0.39, 0.29) is 5.91 Å². The van der Waals surface area contributed by atoms with Gasteiger partial charge in [-0.3, -0.25) is 9.78 Å². The molecule has 0 atom stereocenters. The molecule has 0 spiro atoms. The van der Waals surface area contributed by atoms with Gasteiger partial charge in [0.1, 0.15) is 5.15 Å². The Hall–Kier alpha value is -2.31. The maximum atomic E-state index is 12.0. The molecule has 3 rings (SSSR count). The van der Waals surface area contributed by atoms with Crippen LogP contribution in [0.1, 0.15) is 15.4 Å². The summed E-state index contributed by atoms with van der Waals surface area (Å²) in [6, 6.07) is 8.90. The number of rotatable bonds is 5. The number of aromatic nitrogens is 3. The van der Waals surface area contributed by atoms with E-state index < -0.39 is 0 Å². The second kappa shape index (κ2) is 7.30. The van der Waals surface area contributed by atoms with E-state index in [0.29, 0.717) is 23.7 Å². The highest BCUT2D eigenvalue weighted by Crippen LogP contribution is 2.19. The molecule has 1 amide bonds. The molecule has 0 radical (unpaired) electrons. The Kier molecular flexibility index (Phi) is 4.95. The maximum absolute atomic E-state index is 12.0. The molecule has 3 aromatic heterocycles. The minimum atomic E-state index is -0.171. The van der Waals surface area contributed by atoms with Crippen molar-refractivity contribution >= 4 is 28.8 Å². The smallest absolute Gasteiger partial charge is 0.251 e. The third-order valence-electron chi connectivity index (χ3n) is 3.09. The molecule has 7 heteroatoms. The van der Waals surface area contributed by atoms with Gasteiger partial charge in [-0.1, -0.05) is 17.7 Å². The van der Waals surface area contributed by atoms with E-state index in [9.17, 15) is 4.79 Å². The molecule has 116 valence electrons. The molecular weight excluding hydrogens is 332 g/mol. The Morgan fingerprint density at radius 2 is 2.09 bits per heavy atom. The number of nitrogens with zero attached hydrogens (tertiary/aromatic N) is 3. The summed E-state index contributed by atoms with van der Waals surface area (Å²) in [4.78, 5) is 24.7. The molecule has 0 unspecified atom stereocenters. The van der Waals surface area contributed by atoms with Crippen molar-refractivity contribution in [2.45, 2.75) is 6.42 Å². The van der Waals surface area contributed by atoms with Crippen molar-refractivity contribution in [2.75, 3.05) is 6.54 Å². The fraction of sp³-hybridized carbons (Fsp3) is 0.125. The Morgan fingerprint density at radius 3 is 2.87 bits per heavy atom. The van der Waals surface area contributed by atoms with E-state index in [4.69, 9.17) is 11.6 Å². The molecular formula is C16H13ClN4OS. The second-order valence-electron chi connectivity index (χ2n) is 4.71. The lowest BCUT2D eigenvalue weighted by molar-refractivity contribution is 0.0954. The highest BCUT2D eigenvalue weighted by atomic mass is 35.5. The van der Waals surface area contributed by atoms with E-state index in [2.05, 4.69) is 20.3 Å². The summed E-state index contributed by atoms with van der Waals surface area (Å²) in [6.07, 6.45) is 3.92. The maximum Gasteiger partial charge on any atom is 0.251 e. The van der Waals surface area contributed by atoms with Crippen molar-refractivity contribution in [3.8, 4) is 11.4 Å². The topological polar surface area (TPSA) is 67.8 Å². The number of carbonyl (C=O) groups is 1. The van der Waals surface area contributed by atoms with Gasteiger partial charge in [-0.05, 0) is 24.3 Å². The fourth-order valence-electron chi connectivity index (χ4n) is 1.99. The lowest BCUT2D eigenvalue weighted by Gasteiger charge is -2.03. The zero-order chi connectivity index (χ0) is 16.1. The highest BCUT2D eigenvalue weighted by molar-refractivity contribution is 7.09. The number of halogens is 1. The zero-order valence-electron chi connectivity index (χ0n) is 12.1. The van der Waals surface area contributed by atoms with Crippen LogP contribution < -0.4 is 5.32 Å². The van der Waals surface area contributed by atoms with E-state index >= 15 is 0 Å².